The number of aliphatic hydroxyl groups is 1. The Bertz CT molecular complexity index is 655. The van der Waals surface area contributed by atoms with Crippen LogP contribution in [0.25, 0.3) is 0 Å². The summed E-state index contributed by atoms with van der Waals surface area (Å²) in [5.41, 5.74) is 2.14. The number of aromatic nitrogens is 1. The maximum Gasteiger partial charge on any atom is 0.152 e. The first-order valence-electron chi connectivity index (χ1n) is 6.13. The van der Waals surface area contributed by atoms with Crippen LogP contribution >= 0.6 is 23.2 Å². The van der Waals surface area contributed by atoms with Gasteiger partial charge in [0, 0.05) is 29.6 Å². The van der Waals surface area contributed by atoms with E-state index in [1.54, 1.807) is 6.92 Å². The van der Waals surface area contributed by atoms with Gasteiger partial charge in [0.15, 0.2) is 5.75 Å². The van der Waals surface area contributed by atoms with Crippen molar-refractivity contribution in [2.45, 2.75) is 20.1 Å². The fraction of sp³-hybridized carbons (Fsp3) is 0.214. The number of phenols is 1. The lowest BCUT2D eigenvalue weighted by Crippen LogP contribution is -2.05. The maximum atomic E-state index is 10.0. The number of pyridine rings is 1. The fourth-order valence-corrected chi connectivity index (χ4v) is 2.36. The van der Waals surface area contributed by atoms with Crippen LogP contribution < -0.4 is 5.32 Å². The Morgan fingerprint density at radius 1 is 1.14 bits per heavy atom. The number of aromatic hydroxyl groups is 2. The van der Waals surface area contributed by atoms with Gasteiger partial charge in [-0.1, -0.05) is 23.2 Å². The normalized spacial score (nSPS) is 10.7. The topological polar surface area (TPSA) is 85.6 Å². The van der Waals surface area contributed by atoms with Crippen LogP contribution in [0.2, 0.25) is 10.0 Å². The van der Waals surface area contributed by atoms with E-state index in [4.69, 9.17) is 23.2 Å². The Labute approximate surface area is 131 Å². The number of aryl methyl sites for hydroxylation is 1. The molecular formula is C14H14Cl2N2O3. The molecule has 0 aliphatic rings. The van der Waals surface area contributed by atoms with Crippen LogP contribution in [0.4, 0.5) is 5.69 Å². The lowest BCUT2D eigenvalue weighted by molar-refractivity contribution is 0.279. The number of benzene rings is 1. The highest BCUT2D eigenvalue weighted by Crippen LogP contribution is 2.35. The third-order valence-electron chi connectivity index (χ3n) is 3.09. The Kier molecular flexibility index (Phi) is 4.77. The summed E-state index contributed by atoms with van der Waals surface area (Å²) in [4.78, 5) is 3.99. The molecule has 0 spiro atoms. The summed E-state index contributed by atoms with van der Waals surface area (Å²) in [7, 11) is 0. The summed E-state index contributed by atoms with van der Waals surface area (Å²) < 4.78 is 0. The van der Waals surface area contributed by atoms with Gasteiger partial charge in [0.25, 0.3) is 0 Å². The zero-order valence-electron chi connectivity index (χ0n) is 11.2. The van der Waals surface area contributed by atoms with Crippen molar-refractivity contribution in [1.82, 2.24) is 4.98 Å². The van der Waals surface area contributed by atoms with Gasteiger partial charge in [-0.15, -0.1) is 0 Å². The van der Waals surface area contributed by atoms with Gasteiger partial charge < -0.3 is 20.6 Å². The maximum absolute atomic E-state index is 10.0. The smallest absolute Gasteiger partial charge is 0.152 e. The summed E-state index contributed by atoms with van der Waals surface area (Å²) in [6, 6.07) is 3.04. The lowest BCUT2D eigenvalue weighted by Gasteiger charge is -2.14. The van der Waals surface area contributed by atoms with Crippen molar-refractivity contribution in [1.29, 1.82) is 0 Å². The number of rotatable bonds is 4. The van der Waals surface area contributed by atoms with Crippen LogP contribution in [0.1, 0.15) is 16.8 Å². The summed E-state index contributed by atoms with van der Waals surface area (Å²) in [5, 5.41) is 32.1. The Hall–Kier alpha value is -1.69. The summed E-state index contributed by atoms with van der Waals surface area (Å²) in [5.74, 6) is -0.146. The summed E-state index contributed by atoms with van der Waals surface area (Å²) >= 11 is 11.7. The highest BCUT2D eigenvalue weighted by Gasteiger charge is 2.12. The summed E-state index contributed by atoms with van der Waals surface area (Å²) in [6.07, 6.45) is 1.52. The number of aliphatic hydroxyl groups excluding tert-OH is 1. The molecule has 0 amide bonds. The molecule has 1 aromatic carbocycles. The molecule has 0 radical (unpaired) electrons. The molecule has 21 heavy (non-hydrogen) atoms. The van der Waals surface area contributed by atoms with Gasteiger partial charge in [0.2, 0.25) is 0 Å². The number of phenolic OH excluding ortho intramolecular Hbond substituents is 1. The second kappa shape index (κ2) is 6.39. The number of nitrogens with zero attached hydrogens (tertiary/aromatic N) is 1. The van der Waals surface area contributed by atoms with E-state index >= 15 is 0 Å². The first-order chi connectivity index (χ1) is 9.93. The number of nitrogens with one attached hydrogen (secondary N) is 1. The van der Waals surface area contributed by atoms with Crippen LogP contribution in [0.3, 0.4) is 0 Å². The number of halogens is 2. The monoisotopic (exact) mass is 328 g/mol. The molecule has 1 heterocycles. The average molecular weight is 329 g/mol. The van der Waals surface area contributed by atoms with Gasteiger partial charge in [0.05, 0.1) is 22.3 Å². The van der Waals surface area contributed by atoms with E-state index in [0.29, 0.717) is 22.5 Å². The minimum Gasteiger partial charge on any atom is -0.506 e. The highest BCUT2D eigenvalue weighted by atomic mass is 35.5. The highest BCUT2D eigenvalue weighted by molar-refractivity contribution is 6.37. The van der Waals surface area contributed by atoms with Crippen LogP contribution in [0, 0.1) is 6.92 Å². The first-order valence-corrected chi connectivity index (χ1v) is 6.88. The van der Waals surface area contributed by atoms with E-state index in [1.807, 2.05) is 0 Å². The zero-order chi connectivity index (χ0) is 15.6. The van der Waals surface area contributed by atoms with Crippen LogP contribution in [-0.4, -0.2) is 20.3 Å². The van der Waals surface area contributed by atoms with E-state index in [0.717, 1.165) is 0 Å². The number of hydrogen-bond donors (Lipinski definition) is 4. The lowest BCUT2D eigenvalue weighted by atomic mass is 10.1. The Morgan fingerprint density at radius 3 is 2.33 bits per heavy atom. The number of anilines is 1. The molecule has 0 fully saturated rings. The largest absolute Gasteiger partial charge is 0.506 e. The molecule has 7 heteroatoms. The van der Waals surface area contributed by atoms with E-state index in [2.05, 4.69) is 10.3 Å². The molecule has 0 saturated heterocycles. The second-order valence-corrected chi connectivity index (χ2v) is 5.31. The van der Waals surface area contributed by atoms with Crippen molar-refractivity contribution in [3.8, 4) is 11.5 Å². The predicted octanol–water partition coefficient (Wildman–Crippen LogP) is 3.21. The van der Waals surface area contributed by atoms with E-state index < -0.39 is 0 Å². The molecule has 0 bridgehead atoms. The molecule has 2 aromatic rings. The quantitative estimate of drug-likeness (QED) is 0.647. The van der Waals surface area contributed by atoms with E-state index in [-0.39, 0.29) is 34.7 Å². The minimum atomic E-state index is -0.227. The van der Waals surface area contributed by atoms with Crippen molar-refractivity contribution < 1.29 is 15.3 Å². The Balaban J connectivity index is 2.26. The first kappa shape index (κ1) is 15.7. The molecule has 5 nitrogen and oxygen atoms in total. The fourth-order valence-electron chi connectivity index (χ4n) is 1.88. The third-order valence-corrected chi connectivity index (χ3v) is 3.66. The second-order valence-electron chi connectivity index (χ2n) is 4.50. The molecular weight excluding hydrogens is 315 g/mol. The van der Waals surface area contributed by atoms with Crippen LogP contribution in [0.15, 0.2) is 18.3 Å². The average Bonchev–Trinajstić information content (AvgIpc) is 2.46. The van der Waals surface area contributed by atoms with Crippen molar-refractivity contribution in [3.05, 3.63) is 45.2 Å². The van der Waals surface area contributed by atoms with Crippen molar-refractivity contribution in [2.75, 3.05) is 5.32 Å². The zero-order valence-corrected chi connectivity index (χ0v) is 12.7. The number of hydrogen-bond acceptors (Lipinski definition) is 5. The third kappa shape index (κ3) is 3.32. The van der Waals surface area contributed by atoms with Gasteiger partial charge in [-0.2, -0.15) is 0 Å². The van der Waals surface area contributed by atoms with Crippen molar-refractivity contribution in [3.63, 3.8) is 0 Å². The molecule has 2 rings (SSSR count). The van der Waals surface area contributed by atoms with E-state index in [1.165, 1.54) is 18.3 Å². The van der Waals surface area contributed by atoms with Crippen molar-refractivity contribution >= 4 is 28.9 Å². The summed E-state index contributed by atoms with van der Waals surface area (Å²) in [6.45, 7) is 1.70. The molecule has 0 aliphatic carbocycles. The standard InChI is InChI=1S/C14H14Cl2N2O3/c1-7-13(20)10(8(6-19)4-17-7)5-18-9-2-11(15)14(21)12(16)3-9/h2-4,18-21H,5-6H2,1H3. The molecule has 112 valence electrons. The van der Waals surface area contributed by atoms with E-state index in [9.17, 15) is 15.3 Å². The molecule has 0 unspecified atom stereocenters. The van der Waals surface area contributed by atoms with Gasteiger partial charge in [-0.25, -0.2) is 0 Å². The SMILES string of the molecule is Cc1ncc(CO)c(CNc2cc(Cl)c(O)c(Cl)c2)c1O. The van der Waals surface area contributed by atoms with Crippen LogP contribution in [-0.2, 0) is 13.2 Å². The van der Waals surface area contributed by atoms with Crippen LogP contribution in [0.5, 0.6) is 11.5 Å². The predicted molar refractivity (Wildman–Crippen MR) is 82.0 cm³/mol. The Morgan fingerprint density at radius 2 is 1.76 bits per heavy atom. The minimum absolute atomic E-state index is 0.0324. The molecule has 0 aliphatic heterocycles. The van der Waals surface area contributed by atoms with Gasteiger partial charge in [-0.3, -0.25) is 4.98 Å². The molecule has 0 atom stereocenters. The van der Waals surface area contributed by atoms with Gasteiger partial charge >= 0.3 is 0 Å². The van der Waals surface area contributed by atoms with Gasteiger partial charge in [-0.05, 0) is 19.1 Å². The molecule has 0 saturated carbocycles. The molecule has 1 aromatic heterocycles. The van der Waals surface area contributed by atoms with Gasteiger partial charge in [0.1, 0.15) is 5.75 Å². The van der Waals surface area contributed by atoms with Crippen molar-refractivity contribution in [2.24, 2.45) is 0 Å². The molecule has 4 N–H and O–H groups in total.